The van der Waals surface area contributed by atoms with Crippen molar-refractivity contribution in [2.75, 3.05) is 73.1 Å². The predicted octanol–water partition coefficient (Wildman–Crippen LogP) is -1.36. The molecule has 0 saturated carbocycles. The smallest absolute Gasteiger partial charge is 0.246 e. The second kappa shape index (κ2) is 17.6. The number of nitrogens with two attached hydrogens (primary N) is 1. The zero-order chi connectivity index (χ0) is 22.9. The number of ether oxygens (including phenoxy) is 6. The maximum Gasteiger partial charge on any atom is 0.246 e. The Kier molecular flexibility index (Phi) is 16.0. The molecule has 0 aliphatic carbocycles. The second-order valence-electron chi connectivity index (χ2n) is 7.32. The number of nitrogens with one attached hydrogen (secondary N) is 1. The van der Waals surface area contributed by atoms with Crippen LogP contribution in [-0.4, -0.2) is 114 Å². The molecule has 1 amide bonds. The first-order chi connectivity index (χ1) is 15.0. The van der Waals surface area contributed by atoms with Crippen LogP contribution < -0.4 is 11.1 Å². The standard InChI is InChI=1S/C20H40N2O9/c1-15-16(31-20(26-2)19(25)18(15)24)13-30-14-17(23)22-6-4-8-28-10-12-29-11-9-27-7-3-5-21/h15-16,18-20,24-25H,3-14,21H2,1-2H3,(H,22,23)/t15-,16?,18+,19?,20-/m1/s1. The van der Waals surface area contributed by atoms with E-state index in [1.165, 1.54) is 7.11 Å². The number of carbonyl (C=O) groups excluding carboxylic acids is 1. The van der Waals surface area contributed by atoms with Gasteiger partial charge in [0.1, 0.15) is 12.7 Å². The molecule has 5 N–H and O–H groups in total. The Labute approximate surface area is 184 Å². The fraction of sp³-hybridized carbons (Fsp3) is 0.950. The van der Waals surface area contributed by atoms with Crippen molar-refractivity contribution in [3.05, 3.63) is 0 Å². The molecule has 1 aliphatic rings. The molecule has 0 bridgehead atoms. The summed E-state index contributed by atoms with van der Waals surface area (Å²) in [6, 6.07) is 0. The van der Waals surface area contributed by atoms with Crippen molar-refractivity contribution in [2.24, 2.45) is 11.7 Å². The minimum atomic E-state index is -1.12. The van der Waals surface area contributed by atoms with Gasteiger partial charge in [0, 0.05) is 32.8 Å². The fourth-order valence-electron chi connectivity index (χ4n) is 2.90. The first-order valence-electron chi connectivity index (χ1n) is 10.8. The van der Waals surface area contributed by atoms with Crippen LogP contribution in [0.5, 0.6) is 0 Å². The SMILES string of the molecule is CO[C@@H]1OC(COCC(=O)NCCCOCCOCCOCCCN)[C@@H](C)[C@H](O)C1O. The summed E-state index contributed by atoms with van der Waals surface area (Å²) in [5.41, 5.74) is 5.37. The van der Waals surface area contributed by atoms with Crippen molar-refractivity contribution < 1.29 is 43.4 Å². The summed E-state index contributed by atoms with van der Waals surface area (Å²) in [6.45, 7) is 6.08. The van der Waals surface area contributed by atoms with Crippen molar-refractivity contribution >= 4 is 5.91 Å². The number of hydrogen-bond acceptors (Lipinski definition) is 10. The van der Waals surface area contributed by atoms with Gasteiger partial charge in [-0.05, 0) is 19.4 Å². The average Bonchev–Trinajstić information content (AvgIpc) is 2.77. The van der Waals surface area contributed by atoms with E-state index in [0.29, 0.717) is 59.2 Å². The molecular formula is C20H40N2O9. The normalized spacial score (nSPS) is 26.2. The summed E-state index contributed by atoms with van der Waals surface area (Å²) in [6.07, 6.45) is -1.98. The van der Waals surface area contributed by atoms with Crippen LogP contribution in [0.25, 0.3) is 0 Å². The summed E-state index contributed by atoms with van der Waals surface area (Å²) >= 11 is 0. The van der Waals surface area contributed by atoms with Gasteiger partial charge in [-0.3, -0.25) is 4.79 Å². The number of rotatable bonds is 18. The summed E-state index contributed by atoms with van der Waals surface area (Å²) < 4.78 is 32.1. The Bertz CT molecular complexity index is 456. The van der Waals surface area contributed by atoms with Gasteiger partial charge in [0.25, 0.3) is 0 Å². The maximum atomic E-state index is 11.8. The molecule has 1 fully saturated rings. The van der Waals surface area contributed by atoms with Gasteiger partial charge in [0.2, 0.25) is 5.91 Å². The lowest BCUT2D eigenvalue weighted by atomic mass is 9.91. The van der Waals surface area contributed by atoms with Gasteiger partial charge < -0.3 is 49.7 Å². The van der Waals surface area contributed by atoms with Gasteiger partial charge in [-0.2, -0.15) is 0 Å². The van der Waals surface area contributed by atoms with Crippen LogP contribution in [0.4, 0.5) is 0 Å². The number of hydrogen-bond donors (Lipinski definition) is 4. The number of methoxy groups -OCH3 is 1. The summed E-state index contributed by atoms with van der Waals surface area (Å²) in [7, 11) is 1.39. The van der Waals surface area contributed by atoms with Crippen LogP contribution in [0.15, 0.2) is 0 Å². The van der Waals surface area contributed by atoms with Crippen LogP contribution >= 0.6 is 0 Å². The van der Waals surface area contributed by atoms with Gasteiger partial charge in [-0.15, -0.1) is 0 Å². The molecule has 11 heteroatoms. The average molecular weight is 453 g/mol. The summed E-state index contributed by atoms with van der Waals surface area (Å²) in [4.78, 5) is 11.8. The first kappa shape index (κ1) is 28.1. The zero-order valence-electron chi connectivity index (χ0n) is 18.7. The van der Waals surface area contributed by atoms with Crippen LogP contribution in [0.2, 0.25) is 0 Å². The number of aliphatic hydroxyl groups excluding tert-OH is 2. The largest absolute Gasteiger partial charge is 0.390 e. The molecule has 1 heterocycles. The second-order valence-corrected chi connectivity index (χ2v) is 7.32. The first-order valence-corrected chi connectivity index (χ1v) is 10.8. The predicted molar refractivity (Wildman–Crippen MR) is 111 cm³/mol. The molecule has 11 nitrogen and oxygen atoms in total. The van der Waals surface area contributed by atoms with Gasteiger partial charge in [0.05, 0.1) is 45.2 Å². The van der Waals surface area contributed by atoms with Gasteiger partial charge in [-0.1, -0.05) is 6.92 Å². The highest BCUT2D eigenvalue weighted by Gasteiger charge is 2.42. The van der Waals surface area contributed by atoms with Crippen LogP contribution in [0.3, 0.4) is 0 Å². The van der Waals surface area contributed by atoms with Crippen molar-refractivity contribution in [3.8, 4) is 0 Å². The lowest BCUT2D eigenvalue weighted by Crippen LogP contribution is -2.55. The third-order valence-corrected chi connectivity index (χ3v) is 4.83. The van der Waals surface area contributed by atoms with E-state index in [4.69, 9.17) is 34.2 Å². The molecule has 0 aromatic rings. The maximum absolute atomic E-state index is 11.8. The number of aliphatic hydroxyl groups is 2. The molecule has 0 spiro atoms. The zero-order valence-corrected chi connectivity index (χ0v) is 18.7. The summed E-state index contributed by atoms with van der Waals surface area (Å²) in [5, 5.41) is 22.6. The van der Waals surface area contributed by atoms with E-state index in [9.17, 15) is 15.0 Å². The Balaban J connectivity index is 1.95. The van der Waals surface area contributed by atoms with E-state index < -0.39 is 24.6 Å². The molecule has 0 aromatic carbocycles. The van der Waals surface area contributed by atoms with Crippen molar-refractivity contribution in [3.63, 3.8) is 0 Å². The topological polar surface area (TPSA) is 151 Å². The minimum absolute atomic E-state index is 0.111. The monoisotopic (exact) mass is 452 g/mol. The molecule has 184 valence electrons. The Morgan fingerprint density at radius 1 is 0.968 bits per heavy atom. The molecule has 1 saturated heterocycles. The Hall–Kier alpha value is -0.890. The lowest BCUT2D eigenvalue weighted by molar-refractivity contribution is -0.282. The molecule has 1 rings (SSSR count). The van der Waals surface area contributed by atoms with Crippen LogP contribution in [0.1, 0.15) is 19.8 Å². The molecule has 1 aliphatic heterocycles. The van der Waals surface area contributed by atoms with E-state index in [2.05, 4.69) is 5.32 Å². The number of amides is 1. The highest BCUT2D eigenvalue weighted by molar-refractivity contribution is 5.77. The molecule has 2 unspecified atom stereocenters. The highest BCUT2D eigenvalue weighted by Crippen LogP contribution is 2.26. The van der Waals surface area contributed by atoms with Crippen molar-refractivity contribution in [1.29, 1.82) is 0 Å². The quantitative estimate of drug-likeness (QED) is 0.184. The van der Waals surface area contributed by atoms with E-state index in [-0.39, 0.29) is 25.0 Å². The van der Waals surface area contributed by atoms with Crippen LogP contribution in [0, 0.1) is 5.92 Å². The van der Waals surface area contributed by atoms with E-state index >= 15 is 0 Å². The molecule has 31 heavy (non-hydrogen) atoms. The highest BCUT2D eigenvalue weighted by atomic mass is 16.7. The van der Waals surface area contributed by atoms with E-state index in [1.807, 2.05) is 0 Å². The minimum Gasteiger partial charge on any atom is -0.390 e. The molecule has 0 aromatic heterocycles. The Morgan fingerprint density at radius 3 is 2.19 bits per heavy atom. The third kappa shape index (κ3) is 12.1. The van der Waals surface area contributed by atoms with Gasteiger partial charge in [-0.25, -0.2) is 0 Å². The molecule has 5 atom stereocenters. The number of carbonyl (C=O) groups is 1. The fourth-order valence-corrected chi connectivity index (χ4v) is 2.90. The summed E-state index contributed by atoms with van der Waals surface area (Å²) in [5.74, 6) is -0.598. The molecule has 0 radical (unpaired) electrons. The van der Waals surface area contributed by atoms with Crippen LogP contribution in [-0.2, 0) is 33.2 Å². The van der Waals surface area contributed by atoms with E-state index in [1.54, 1.807) is 6.92 Å². The molecular weight excluding hydrogens is 412 g/mol. The van der Waals surface area contributed by atoms with Crippen molar-refractivity contribution in [1.82, 2.24) is 5.32 Å². The van der Waals surface area contributed by atoms with Gasteiger partial charge >= 0.3 is 0 Å². The van der Waals surface area contributed by atoms with Gasteiger partial charge in [0.15, 0.2) is 6.29 Å². The van der Waals surface area contributed by atoms with Crippen molar-refractivity contribution in [2.45, 2.75) is 44.4 Å². The van der Waals surface area contributed by atoms with E-state index in [0.717, 1.165) is 6.42 Å². The third-order valence-electron chi connectivity index (χ3n) is 4.83. The Morgan fingerprint density at radius 2 is 1.58 bits per heavy atom. The lowest BCUT2D eigenvalue weighted by Gasteiger charge is -2.40.